The Labute approximate surface area is 123 Å². The van der Waals surface area contributed by atoms with E-state index < -0.39 is 9.29 Å². The summed E-state index contributed by atoms with van der Waals surface area (Å²) in [5.74, 6) is -0.350. The van der Waals surface area contributed by atoms with E-state index in [9.17, 15) is 4.79 Å². The number of thiocarbonyl (C=S) groups is 1. The highest BCUT2D eigenvalue weighted by Gasteiger charge is 2.44. The van der Waals surface area contributed by atoms with Crippen molar-refractivity contribution in [2.75, 3.05) is 0 Å². The van der Waals surface area contributed by atoms with Crippen LogP contribution in [0, 0.1) is 0 Å². The molecule has 0 aliphatic carbocycles. The molecular formula is C10H5Cl4NOS. The van der Waals surface area contributed by atoms with Crippen LogP contribution >= 0.6 is 58.6 Å². The number of fused-ring (bicyclic) bond motifs is 1. The van der Waals surface area contributed by atoms with Crippen LogP contribution in [0.25, 0.3) is 0 Å². The molecule has 7 heteroatoms. The lowest BCUT2D eigenvalue weighted by Gasteiger charge is -2.27. The van der Waals surface area contributed by atoms with Gasteiger partial charge < -0.3 is 0 Å². The van der Waals surface area contributed by atoms with Crippen LogP contribution in [-0.4, -0.2) is 25.1 Å². The minimum absolute atomic E-state index is 0.275. The van der Waals surface area contributed by atoms with Crippen LogP contribution in [0.1, 0.15) is 15.9 Å². The lowest BCUT2D eigenvalue weighted by atomic mass is 10.1. The fourth-order valence-electron chi connectivity index (χ4n) is 1.56. The summed E-state index contributed by atoms with van der Waals surface area (Å²) in [6.45, 7) is 0. The number of rotatable bonds is 1. The molecule has 2 rings (SSSR count). The van der Waals surface area contributed by atoms with Gasteiger partial charge in [0.1, 0.15) is 4.99 Å². The van der Waals surface area contributed by atoms with Crippen LogP contribution in [0.5, 0.6) is 0 Å². The molecule has 1 aromatic carbocycles. The van der Waals surface area contributed by atoms with Gasteiger partial charge in [-0.2, -0.15) is 0 Å². The van der Waals surface area contributed by atoms with E-state index in [1.807, 2.05) is 0 Å². The molecule has 1 unspecified atom stereocenters. The van der Waals surface area contributed by atoms with Crippen molar-refractivity contribution in [2.45, 2.75) is 9.29 Å². The molecular weight excluding hydrogens is 324 g/mol. The van der Waals surface area contributed by atoms with Gasteiger partial charge in [-0.05, 0) is 6.07 Å². The topological polar surface area (TPSA) is 20.3 Å². The first-order chi connectivity index (χ1) is 7.84. The van der Waals surface area contributed by atoms with Gasteiger partial charge in [-0.1, -0.05) is 76.8 Å². The standard InChI is InChI=1S/C10H5Cl4NOS/c11-9(10(12,13)14)15-7(16)5-3-1-2-4-6(5)8(15)17/h1-4,9H. The maximum absolute atomic E-state index is 12.1. The minimum Gasteiger partial charge on any atom is -0.277 e. The molecule has 0 saturated heterocycles. The fraction of sp³-hybridized carbons (Fsp3) is 0.200. The van der Waals surface area contributed by atoms with Crippen LogP contribution in [0.15, 0.2) is 24.3 Å². The SMILES string of the molecule is O=C1c2ccccc2C(=S)N1C(Cl)C(Cl)(Cl)Cl. The Morgan fingerprint density at radius 1 is 1.18 bits per heavy atom. The zero-order valence-corrected chi connectivity index (χ0v) is 12.0. The van der Waals surface area contributed by atoms with E-state index in [0.29, 0.717) is 11.1 Å². The molecule has 0 aromatic heterocycles. The summed E-state index contributed by atoms with van der Waals surface area (Å²) in [4.78, 5) is 13.5. The Hall–Kier alpha value is -0.0600. The molecule has 0 spiro atoms. The van der Waals surface area contributed by atoms with Crippen molar-refractivity contribution in [3.8, 4) is 0 Å². The van der Waals surface area contributed by atoms with Crippen molar-refractivity contribution in [3.05, 3.63) is 35.4 Å². The Bertz CT molecular complexity index is 464. The molecule has 0 radical (unpaired) electrons. The molecule has 0 bridgehead atoms. The summed E-state index contributed by atoms with van der Waals surface area (Å²) in [5, 5.41) is 0. The molecule has 0 saturated carbocycles. The first-order valence-electron chi connectivity index (χ1n) is 4.51. The summed E-state index contributed by atoms with van der Waals surface area (Å²) in [5.41, 5.74) is -0.0373. The van der Waals surface area contributed by atoms with Crippen molar-refractivity contribution >= 4 is 69.5 Å². The summed E-state index contributed by atoms with van der Waals surface area (Å²) in [6.07, 6.45) is 0. The number of hydrogen-bond donors (Lipinski definition) is 0. The molecule has 17 heavy (non-hydrogen) atoms. The van der Waals surface area contributed by atoms with Crippen LogP contribution in [0.4, 0.5) is 0 Å². The van der Waals surface area contributed by atoms with E-state index in [4.69, 9.17) is 58.6 Å². The van der Waals surface area contributed by atoms with E-state index in [-0.39, 0.29) is 10.9 Å². The van der Waals surface area contributed by atoms with Crippen LogP contribution in [-0.2, 0) is 0 Å². The summed E-state index contributed by atoms with van der Waals surface area (Å²) < 4.78 is -1.80. The molecule has 1 aliphatic heterocycles. The van der Waals surface area contributed by atoms with Crippen molar-refractivity contribution in [1.82, 2.24) is 4.90 Å². The lowest BCUT2D eigenvalue weighted by molar-refractivity contribution is 0.0850. The molecule has 1 aliphatic rings. The molecule has 1 heterocycles. The van der Waals surface area contributed by atoms with Gasteiger partial charge in [0.2, 0.25) is 3.79 Å². The lowest BCUT2D eigenvalue weighted by Crippen LogP contribution is -2.43. The highest BCUT2D eigenvalue weighted by molar-refractivity contribution is 7.80. The van der Waals surface area contributed by atoms with E-state index in [2.05, 4.69) is 0 Å². The monoisotopic (exact) mass is 327 g/mol. The predicted molar refractivity (Wildman–Crippen MR) is 74.2 cm³/mol. The maximum Gasteiger partial charge on any atom is 0.261 e. The second kappa shape index (κ2) is 4.56. The molecule has 0 N–H and O–H groups in total. The van der Waals surface area contributed by atoms with E-state index in [1.165, 1.54) is 0 Å². The highest BCUT2D eigenvalue weighted by atomic mass is 35.6. The zero-order valence-electron chi connectivity index (χ0n) is 8.16. The number of alkyl halides is 4. The summed E-state index contributed by atoms with van der Waals surface area (Å²) >= 11 is 28.2. The highest BCUT2D eigenvalue weighted by Crippen LogP contribution is 2.39. The number of halogens is 4. The smallest absolute Gasteiger partial charge is 0.261 e. The molecule has 90 valence electrons. The second-order valence-corrected chi connectivity index (χ2v) is 6.57. The van der Waals surface area contributed by atoms with Crippen molar-refractivity contribution in [3.63, 3.8) is 0 Å². The van der Waals surface area contributed by atoms with Crippen molar-refractivity contribution in [2.24, 2.45) is 0 Å². The maximum atomic E-state index is 12.1. The fourth-order valence-corrected chi connectivity index (χ4v) is 2.46. The van der Waals surface area contributed by atoms with Gasteiger partial charge in [0.05, 0.1) is 5.56 Å². The Balaban J connectivity index is 2.44. The number of hydrogen-bond acceptors (Lipinski definition) is 2. The van der Waals surface area contributed by atoms with Crippen LogP contribution < -0.4 is 0 Å². The third-order valence-electron chi connectivity index (χ3n) is 2.32. The van der Waals surface area contributed by atoms with E-state index in [1.54, 1.807) is 24.3 Å². The van der Waals surface area contributed by atoms with Crippen LogP contribution in [0.2, 0.25) is 0 Å². The number of nitrogens with zero attached hydrogens (tertiary/aromatic N) is 1. The Morgan fingerprint density at radius 3 is 2.18 bits per heavy atom. The third-order valence-corrected chi connectivity index (χ3v) is 4.22. The summed E-state index contributed by atoms with van der Waals surface area (Å²) in [6, 6.07) is 6.91. The summed E-state index contributed by atoms with van der Waals surface area (Å²) in [7, 11) is 0. The minimum atomic E-state index is -1.80. The predicted octanol–water partition coefficient (Wildman–Crippen LogP) is 3.75. The molecule has 0 fully saturated rings. The van der Waals surface area contributed by atoms with Gasteiger partial charge in [0.25, 0.3) is 5.91 Å². The molecule has 1 atom stereocenters. The van der Waals surface area contributed by atoms with Crippen molar-refractivity contribution < 1.29 is 4.79 Å². The van der Waals surface area contributed by atoms with Gasteiger partial charge in [0, 0.05) is 5.56 Å². The van der Waals surface area contributed by atoms with Gasteiger partial charge in [-0.15, -0.1) is 0 Å². The van der Waals surface area contributed by atoms with Crippen LogP contribution in [0.3, 0.4) is 0 Å². The largest absolute Gasteiger partial charge is 0.277 e. The second-order valence-electron chi connectivity index (χ2n) is 3.40. The number of benzene rings is 1. The van der Waals surface area contributed by atoms with E-state index >= 15 is 0 Å². The quantitative estimate of drug-likeness (QED) is 0.444. The normalized spacial score (nSPS) is 17.3. The van der Waals surface area contributed by atoms with Crippen molar-refractivity contribution in [1.29, 1.82) is 0 Å². The van der Waals surface area contributed by atoms with Gasteiger partial charge in [0.15, 0.2) is 5.50 Å². The molecule has 1 aromatic rings. The van der Waals surface area contributed by atoms with E-state index in [0.717, 1.165) is 4.90 Å². The first kappa shape index (κ1) is 13.4. The Kier molecular flexibility index (Phi) is 3.59. The van der Waals surface area contributed by atoms with Gasteiger partial charge in [-0.3, -0.25) is 9.69 Å². The number of amides is 1. The van der Waals surface area contributed by atoms with Gasteiger partial charge >= 0.3 is 0 Å². The zero-order chi connectivity index (χ0) is 12.8. The number of carbonyl (C=O) groups excluding carboxylic acids is 1. The third kappa shape index (κ3) is 2.27. The average Bonchev–Trinajstić information content (AvgIpc) is 2.51. The average molecular weight is 329 g/mol. The Morgan fingerprint density at radius 2 is 1.71 bits per heavy atom. The van der Waals surface area contributed by atoms with Gasteiger partial charge in [-0.25, -0.2) is 0 Å². The number of carbonyl (C=O) groups is 1. The molecule has 2 nitrogen and oxygen atoms in total. The first-order valence-corrected chi connectivity index (χ1v) is 6.49. The molecule has 1 amide bonds.